The molecule has 0 bridgehead atoms. The highest BCUT2D eigenvalue weighted by Crippen LogP contribution is 2.30. The molecule has 4 heterocycles. The SMILES string of the molecule is CC.CN1CCN(Cc2ccc(NC(=O)c3cncc(C#Cc4cnc5cccnn45)c3)cc2OC(F)(F)F)CC1. The van der Waals surface area contributed by atoms with Crippen LogP contribution < -0.4 is 10.1 Å². The molecule has 0 atom stereocenters. The number of pyridine rings is 1. The number of carbonyl (C=O) groups is 1. The van der Waals surface area contributed by atoms with E-state index in [1.807, 2.05) is 20.9 Å². The summed E-state index contributed by atoms with van der Waals surface area (Å²) in [5.74, 6) is 5.00. The number of hydrogen-bond acceptors (Lipinski definition) is 7. The highest BCUT2D eigenvalue weighted by atomic mass is 19.4. The number of nitrogens with zero attached hydrogens (tertiary/aromatic N) is 6. The third-order valence-electron chi connectivity index (χ3n) is 6.15. The van der Waals surface area contributed by atoms with E-state index in [1.54, 1.807) is 47.2 Å². The lowest BCUT2D eigenvalue weighted by Crippen LogP contribution is -2.43. The van der Waals surface area contributed by atoms with Gasteiger partial charge in [-0.3, -0.25) is 14.7 Å². The van der Waals surface area contributed by atoms with Crippen LogP contribution in [0.2, 0.25) is 0 Å². The molecule has 0 saturated carbocycles. The van der Waals surface area contributed by atoms with Gasteiger partial charge in [-0.2, -0.15) is 5.10 Å². The standard InChI is InChI=1S/C27H24F3N7O2.C2H6/c1-35-9-11-36(12-10-35)18-20-5-6-22(14-24(20)39-27(28,29)30)34-26(38)21-13-19(15-31-16-21)4-7-23-17-32-25-3-2-8-33-37(23)25;1-2/h2-3,5-6,8,13-17H,9-12,18H2,1H3,(H,34,38);1-2H3. The first-order valence-corrected chi connectivity index (χ1v) is 13.1. The first-order chi connectivity index (χ1) is 19.7. The fourth-order valence-electron chi connectivity index (χ4n) is 4.12. The van der Waals surface area contributed by atoms with Crippen molar-refractivity contribution in [2.75, 3.05) is 38.5 Å². The molecule has 4 aromatic rings. The van der Waals surface area contributed by atoms with Gasteiger partial charge in [-0.15, -0.1) is 13.2 Å². The van der Waals surface area contributed by atoms with Crippen LogP contribution in [0, 0.1) is 11.8 Å². The number of piperazine rings is 1. The molecule has 1 aliphatic heterocycles. The second kappa shape index (κ2) is 13.3. The van der Waals surface area contributed by atoms with Crippen LogP contribution in [0.1, 0.15) is 41.0 Å². The number of amides is 1. The Hall–Kier alpha value is -4.47. The van der Waals surface area contributed by atoms with Crippen LogP contribution in [0.4, 0.5) is 18.9 Å². The maximum Gasteiger partial charge on any atom is 0.573 e. The van der Waals surface area contributed by atoms with Gasteiger partial charge < -0.3 is 15.0 Å². The number of aromatic nitrogens is 4. The average molecular weight is 566 g/mol. The van der Waals surface area contributed by atoms with Gasteiger partial charge >= 0.3 is 6.36 Å². The number of alkyl halides is 3. The van der Waals surface area contributed by atoms with Crippen LogP contribution in [0.25, 0.3) is 5.65 Å². The van der Waals surface area contributed by atoms with E-state index in [9.17, 15) is 18.0 Å². The second-order valence-electron chi connectivity index (χ2n) is 9.05. The smallest absolute Gasteiger partial charge is 0.405 e. The van der Waals surface area contributed by atoms with Gasteiger partial charge in [0.05, 0.1) is 11.8 Å². The highest BCUT2D eigenvalue weighted by Gasteiger charge is 2.32. The van der Waals surface area contributed by atoms with Crippen molar-refractivity contribution in [2.24, 2.45) is 0 Å². The monoisotopic (exact) mass is 565 g/mol. The summed E-state index contributed by atoms with van der Waals surface area (Å²) < 4.78 is 45.4. The summed E-state index contributed by atoms with van der Waals surface area (Å²) in [6.45, 7) is 7.44. The van der Waals surface area contributed by atoms with Gasteiger partial charge in [-0.1, -0.05) is 25.8 Å². The fraction of sp³-hybridized carbons (Fsp3) is 0.310. The topological polar surface area (TPSA) is 87.9 Å². The minimum Gasteiger partial charge on any atom is -0.405 e. The van der Waals surface area contributed by atoms with E-state index in [-0.39, 0.29) is 17.0 Å². The maximum atomic E-state index is 13.2. The molecule has 0 spiro atoms. The van der Waals surface area contributed by atoms with Crippen LogP contribution in [0.15, 0.2) is 61.2 Å². The Morgan fingerprint density at radius 3 is 2.59 bits per heavy atom. The number of hydrogen-bond donors (Lipinski definition) is 1. The Morgan fingerprint density at radius 2 is 1.83 bits per heavy atom. The summed E-state index contributed by atoms with van der Waals surface area (Å²) in [5.41, 5.74) is 2.42. The van der Waals surface area contributed by atoms with Gasteiger partial charge in [0.1, 0.15) is 11.4 Å². The third kappa shape index (κ3) is 8.03. The summed E-state index contributed by atoms with van der Waals surface area (Å²) >= 11 is 0. The number of rotatable bonds is 5. The van der Waals surface area contributed by atoms with Crippen molar-refractivity contribution in [3.05, 3.63) is 83.6 Å². The Labute approximate surface area is 236 Å². The average Bonchev–Trinajstić information content (AvgIpc) is 3.38. The lowest BCUT2D eigenvalue weighted by molar-refractivity contribution is -0.275. The number of ether oxygens (including phenoxy) is 1. The third-order valence-corrected chi connectivity index (χ3v) is 6.15. The molecule has 41 heavy (non-hydrogen) atoms. The minimum absolute atomic E-state index is 0.162. The number of likely N-dealkylation sites (N-methyl/N-ethyl adjacent to an activating group) is 1. The molecule has 3 aromatic heterocycles. The van der Waals surface area contributed by atoms with Crippen LogP contribution in [-0.2, 0) is 6.54 Å². The van der Waals surface area contributed by atoms with Crippen LogP contribution in [-0.4, -0.2) is 74.9 Å². The van der Waals surface area contributed by atoms with E-state index in [0.717, 1.165) is 26.2 Å². The fourth-order valence-corrected chi connectivity index (χ4v) is 4.12. The molecular weight excluding hydrogens is 535 g/mol. The van der Waals surface area contributed by atoms with E-state index < -0.39 is 12.3 Å². The molecule has 0 unspecified atom stereocenters. The van der Waals surface area contributed by atoms with Crippen molar-refractivity contribution in [1.82, 2.24) is 29.4 Å². The lowest BCUT2D eigenvalue weighted by Gasteiger charge is -2.32. The Bertz CT molecular complexity index is 1550. The molecule has 1 aromatic carbocycles. The van der Waals surface area contributed by atoms with Crippen LogP contribution in [0.5, 0.6) is 5.75 Å². The number of anilines is 1. The van der Waals surface area contributed by atoms with E-state index in [4.69, 9.17) is 0 Å². The van der Waals surface area contributed by atoms with Gasteiger partial charge in [0, 0.05) is 74.2 Å². The van der Waals surface area contributed by atoms with Gasteiger partial charge in [0.2, 0.25) is 0 Å². The van der Waals surface area contributed by atoms with E-state index in [1.165, 1.54) is 18.5 Å². The molecule has 12 heteroatoms. The molecule has 1 aliphatic rings. The molecule has 1 fully saturated rings. The summed E-state index contributed by atoms with van der Waals surface area (Å²) in [7, 11) is 2.00. The van der Waals surface area contributed by atoms with Gasteiger partial charge in [-0.05, 0) is 37.2 Å². The number of halogens is 3. The zero-order chi connectivity index (χ0) is 29.4. The lowest BCUT2D eigenvalue weighted by atomic mass is 10.1. The molecule has 1 saturated heterocycles. The van der Waals surface area contributed by atoms with Crippen molar-refractivity contribution in [3.8, 4) is 17.6 Å². The summed E-state index contributed by atoms with van der Waals surface area (Å²) in [5, 5.41) is 6.83. The molecular formula is C29H30F3N7O2. The molecule has 0 radical (unpaired) electrons. The second-order valence-corrected chi connectivity index (χ2v) is 9.05. The first kappa shape index (κ1) is 29.5. The number of benzene rings is 1. The summed E-state index contributed by atoms with van der Waals surface area (Å²) in [4.78, 5) is 25.4. The van der Waals surface area contributed by atoms with Crippen molar-refractivity contribution < 1.29 is 22.7 Å². The zero-order valence-electron chi connectivity index (χ0n) is 22.9. The summed E-state index contributed by atoms with van der Waals surface area (Å²) in [6.07, 6.45) is 1.20. The highest BCUT2D eigenvalue weighted by molar-refractivity contribution is 6.04. The minimum atomic E-state index is -4.87. The van der Waals surface area contributed by atoms with Crippen LogP contribution in [0.3, 0.4) is 0 Å². The van der Waals surface area contributed by atoms with E-state index >= 15 is 0 Å². The molecule has 214 valence electrons. The van der Waals surface area contributed by atoms with Crippen molar-refractivity contribution in [3.63, 3.8) is 0 Å². The zero-order valence-corrected chi connectivity index (χ0v) is 22.9. The Balaban J connectivity index is 0.00000189. The van der Waals surface area contributed by atoms with Crippen molar-refractivity contribution in [1.29, 1.82) is 0 Å². The quantitative estimate of drug-likeness (QED) is 0.358. The number of nitrogens with one attached hydrogen (secondary N) is 1. The Morgan fingerprint density at radius 1 is 1.05 bits per heavy atom. The predicted octanol–water partition coefficient (Wildman–Crippen LogP) is 4.45. The Kier molecular flexibility index (Phi) is 9.54. The summed E-state index contributed by atoms with van der Waals surface area (Å²) in [6, 6.07) is 9.40. The number of imidazole rings is 1. The van der Waals surface area contributed by atoms with Crippen molar-refractivity contribution >= 4 is 17.2 Å². The normalized spacial score (nSPS) is 14.0. The van der Waals surface area contributed by atoms with Gasteiger partial charge in [-0.25, -0.2) is 9.50 Å². The number of fused-ring (bicyclic) bond motifs is 1. The largest absolute Gasteiger partial charge is 0.573 e. The molecule has 0 aliphatic carbocycles. The predicted molar refractivity (Wildman–Crippen MR) is 148 cm³/mol. The molecule has 5 rings (SSSR count). The molecule has 9 nitrogen and oxygen atoms in total. The van der Waals surface area contributed by atoms with Gasteiger partial charge in [0.15, 0.2) is 5.65 Å². The van der Waals surface area contributed by atoms with Gasteiger partial charge in [0.25, 0.3) is 5.91 Å². The van der Waals surface area contributed by atoms with Crippen molar-refractivity contribution in [2.45, 2.75) is 26.8 Å². The molecule has 1 amide bonds. The van der Waals surface area contributed by atoms with E-state index in [2.05, 4.69) is 46.8 Å². The van der Waals surface area contributed by atoms with E-state index in [0.29, 0.717) is 29.0 Å². The molecule has 1 N–H and O–H groups in total. The van der Waals surface area contributed by atoms with Crippen LogP contribution >= 0.6 is 0 Å². The maximum absolute atomic E-state index is 13.2. The number of carbonyl (C=O) groups excluding carboxylic acids is 1. The first-order valence-electron chi connectivity index (χ1n) is 13.1.